The van der Waals surface area contributed by atoms with E-state index in [-0.39, 0.29) is 17.9 Å². The molecule has 5 heteroatoms. The van der Waals surface area contributed by atoms with Crippen LogP contribution >= 0.6 is 0 Å². The van der Waals surface area contributed by atoms with Crippen molar-refractivity contribution in [3.05, 3.63) is 33.6 Å². The van der Waals surface area contributed by atoms with Gasteiger partial charge in [-0.05, 0) is 18.6 Å². The molecule has 2 heterocycles. The van der Waals surface area contributed by atoms with Crippen LogP contribution in [0.15, 0.2) is 16.9 Å². The SMILES string of the molecule is Cc1c(C#N)c(=O)n(C)c2cc3c(cc12)OCO3. The first-order chi connectivity index (χ1) is 8.63. The van der Waals surface area contributed by atoms with Crippen molar-refractivity contribution in [2.24, 2.45) is 7.05 Å². The van der Waals surface area contributed by atoms with E-state index in [2.05, 4.69) is 0 Å². The van der Waals surface area contributed by atoms with Crippen LogP contribution in [0.3, 0.4) is 0 Å². The predicted octanol–water partition coefficient (Wildman–Crippen LogP) is 1.45. The summed E-state index contributed by atoms with van der Waals surface area (Å²) in [5, 5.41) is 9.89. The predicted molar refractivity (Wildman–Crippen MR) is 64.8 cm³/mol. The van der Waals surface area contributed by atoms with Gasteiger partial charge in [-0.25, -0.2) is 0 Å². The zero-order valence-corrected chi connectivity index (χ0v) is 9.98. The summed E-state index contributed by atoms with van der Waals surface area (Å²) in [6.07, 6.45) is 0. The molecule has 0 unspecified atom stereocenters. The Kier molecular flexibility index (Phi) is 2.08. The number of fused-ring (bicyclic) bond motifs is 2. The van der Waals surface area contributed by atoms with Gasteiger partial charge in [0.25, 0.3) is 5.56 Å². The van der Waals surface area contributed by atoms with Gasteiger partial charge >= 0.3 is 0 Å². The number of aryl methyl sites for hydroxylation is 2. The van der Waals surface area contributed by atoms with Crippen LogP contribution in [0.5, 0.6) is 11.5 Å². The van der Waals surface area contributed by atoms with Gasteiger partial charge < -0.3 is 14.0 Å². The Balaban J connectivity index is 2.52. The number of pyridine rings is 1. The number of hydrogen-bond acceptors (Lipinski definition) is 4. The molecular weight excluding hydrogens is 232 g/mol. The maximum absolute atomic E-state index is 12.0. The van der Waals surface area contributed by atoms with Gasteiger partial charge in [0.05, 0.1) is 5.52 Å². The van der Waals surface area contributed by atoms with Crippen molar-refractivity contribution in [1.29, 1.82) is 5.26 Å². The van der Waals surface area contributed by atoms with Crippen LogP contribution in [0.2, 0.25) is 0 Å². The lowest BCUT2D eigenvalue weighted by molar-refractivity contribution is 0.174. The second-order valence-electron chi connectivity index (χ2n) is 4.20. The lowest BCUT2D eigenvalue weighted by atomic mass is 10.0. The highest BCUT2D eigenvalue weighted by atomic mass is 16.7. The zero-order chi connectivity index (χ0) is 12.9. The fourth-order valence-electron chi connectivity index (χ4n) is 2.21. The van der Waals surface area contributed by atoms with E-state index in [1.165, 1.54) is 4.57 Å². The van der Waals surface area contributed by atoms with Crippen molar-refractivity contribution in [2.75, 3.05) is 6.79 Å². The maximum atomic E-state index is 12.0. The molecule has 0 N–H and O–H groups in total. The van der Waals surface area contributed by atoms with E-state index in [4.69, 9.17) is 14.7 Å². The molecule has 0 saturated heterocycles. The highest BCUT2D eigenvalue weighted by molar-refractivity contribution is 5.87. The molecule has 1 aliphatic rings. The van der Waals surface area contributed by atoms with E-state index in [1.54, 1.807) is 20.0 Å². The Morgan fingerprint density at radius 3 is 2.67 bits per heavy atom. The summed E-state index contributed by atoms with van der Waals surface area (Å²) in [4.78, 5) is 12.0. The summed E-state index contributed by atoms with van der Waals surface area (Å²) in [5.74, 6) is 1.27. The molecule has 0 bridgehead atoms. The highest BCUT2D eigenvalue weighted by Crippen LogP contribution is 2.36. The number of benzene rings is 1. The van der Waals surface area contributed by atoms with Crippen molar-refractivity contribution in [3.8, 4) is 17.6 Å². The third kappa shape index (κ3) is 1.23. The van der Waals surface area contributed by atoms with Gasteiger partial charge in [-0.3, -0.25) is 4.79 Å². The van der Waals surface area contributed by atoms with Gasteiger partial charge in [0.1, 0.15) is 11.6 Å². The standard InChI is InChI=1S/C13H10N2O3/c1-7-8-3-11-12(18-6-17-11)4-10(8)15(2)13(16)9(7)5-14/h3-4H,6H2,1-2H3. The van der Waals surface area contributed by atoms with Gasteiger partial charge in [-0.1, -0.05) is 0 Å². The lowest BCUT2D eigenvalue weighted by Crippen LogP contribution is -2.21. The van der Waals surface area contributed by atoms with E-state index in [9.17, 15) is 4.79 Å². The molecule has 1 aliphatic heterocycles. The minimum Gasteiger partial charge on any atom is -0.454 e. The van der Waals surface area contributed by atoms with Crippen LogP contribution in [0.1, 0.15) is 11.1 Å². The Bertz CT molecular complexity index is 769. The first-order valence-corrected chi connectivity index (χ1v) is 5.46. The number of aromatic nitrogens is 1. The summed E-state index contributed by atoms with van der Waals surface area (Å²) in [6.45, 7) is 1.95. The molecule has 0 fully saturated rings. The Labute approximate surface area is 103 Å². The summed E-state index contributed by atoms with van der Waals surface area (Å²) < 4.78 is 12.1. The Morgan fingerprint density at radius 1 is 1.33 bits per heavy atom. The largest absolute Gasteiger partial charge is 0.454 e. The van der Waals surface area contributed by atoms with Crippen molar-refractivity contribution >= 4 is 10.9 Å². The molecule has 0 saturated carbocycles. The first kappa shape index (κ1) is 10.7. The van der Waals surface area contributed by atoms with Crippen LogP contribution in [0.25, 0.3) is 10.9 Å². The minimum atomic E-state index is -0.290. The van der Waals surface area contributed by atoms with Crippen molar-refractivity contribution in [3.63, 3.8) is 0 Å². The molecule has 2 aromatic rings. The fraction of sp³-hybridized carbons (Fsp3) is 0.231. The molecule has 0 atom stereocenters. The normalized spacial score (nSPS) is 12.7. The topological polar surface area (TPSA) is 64.2 Å². The van der Waals surface area contributed by atoms with E-state index in [0.29, 0.717) is 17.1 Å². The number of nitriles is 1. The second kappa shape index (κ2) is 3.50. The number of ether oxygens (including phenoxy) is 2. The average molecular weight is 242 g/mol. The zero-order valence-electron chi connectivity index (χ0n) is 9.98. The van der Waals surface area contributed by atoms with Crippen LogP contribution in [0, 0.1) is 18.3 Å². The lowest BCUT2D eigenvalue weighted by Gasteiger charge is -2.10. The molecule has 0 amide bonds. The molecule has 0 spiro atoms. The third-order valence-electron chi connectivity index (χ3n) is 3.26. The van der Waals surface area contributed by atoms with E-state index in [1.807, 2.05) is 12.1 Å². The molecule has 3 rings (SSSR count). The van der Waals surface area contributed by atoms with Crippen molar-refractivity contribution in [1.82, 2.24) is 4.57 Å². The maximum Gasteiger partial charge on any atom is 0.268 e. The van der Waals surface area contributed by atoms with Gasteiger partial charge in [0.15, 0.2) is 11.5 Å². The second-order valence-corrected chi connectivity index (χ2v) is 4.20. The van der Waals surface area contributed by atoms with Gasteiger partial charge in [-0.15, -0.1) is 0 Å². The Morgan fingerprint density at radius 2 is 2.00 bits per heavy atom. The quantitative estimate of drug-likeness (QED) is 0.701. The van der Waals surface area contributed by atoms with Crippen LogP contribution < -0.4 is 15.0 Å². The molecule has 5 nitrogen and oxygen atoms in total. The molecule has 1 aromatic carbocycles. The summed E-state index contributed by atoms with van der Waals surface area (Å²) >= 11 is 0. The number of nitrogens with zero attached hydrogens (tertiary/aromatic N) is 2. The van der Waals surface area contributed by atoms with Crippen molar-refractivity contribution < 1.29 is 9.47 Å². The van der Waals surface area contributed by atoms with Crippen LogP contribution in [-0.2, 0) is 7.05 Å². The smallest absolute Gasteiger partial charge is 0.268 e. The fourth-order valence-corrected chi connectivity index (χ4v) is 2.21. The van der Waals surface area contributed by atoms with Crippen LogP contribution in [0.4, 0.5) is 0 Å². The third-order valence-corrected chi connectivity index (χ3v) is 3.26. The number of rotatable bonds is 0. The average Bonchev–Trinajstić information content (AvgIpc) is 2.82. The van der Waals surface area contributed by atoms with Crippen molar-refractivity contribution in [2.45, 2.75) is 6.92 Å². The highest BCUT2D eigenvalue weighted by Gasteiger charge is 2.18. The Hall–Kier alpha value is -2.48. The van der Waals surface area contributed by atoms with E-state index in [0.717, 1.165) is 10.9 Å². The molecule has 18 heavy (non-hydrogen) atoms. The van der Waals surface area contributed by atoms with E-state index >= 15 is 0 Å². The summed E-state index contributed by atoms with van der Waals surface area (Å²) in [7, 11) is 1.65. The van der Waals surface area contributed by atoms with Crippen LogP contribution in [-0.4, -0.2) is 11.4 Å². The minimum absolute atomic E-state index is 0.170. The van der Waals surface area contributed by atoms with Gasteiger partial charge in [0.2, 0.25) is 6.79 Å². The molecule has 0 aliphatic carbocycles. The molecule has 90 valence electrons. The summed E-state index contributed by atoms with van der Waals surface area (Å²) in [5.41, 5.74) is 1.29. The number of hydrogen-bond donors (Lipinski definition) is 0. The first-order valence-electron chi connectivity index (χ1n) is 5.46. The monoisotopic (exact) mass is 242 g/mol. The molecule has 0 radical (unpaired) electrons. The summed E-state index contributed by atoms with van der Waals surface area (Å²) in [6, 6.07) is 5.54. The molecular formula is C13H10N2O3. The van der Waals surface area contributed by atoms with E-state index < -0.39 is 0 Å². The van der Waals surface area contributed by atoms with Gasteiger partial charge in [0, 0.05) is 18.5 Å². The molecule has 1 aromatic heterocycles. The van der Waals surface area contributed by atoms with Gasteiger partial charge in [-0.2, -0.15) is 5.26 Å².